The third kappa shape index (κ3) is 3.32. The second-order valence-corrected chi connectivity index (χ2v) is 4.58. The van der Waals surface area contributed by atoms with Gasteiger partial charge in [0.2, 0.25) is 11.9 Å². The number of hydrogen-bond acceptors (Lipinski definition) is 7. The SMILES string of the molecule is Nc1nc(N)nc(CSc2ccccc2C(=O)O)n1. The molecule has 8 heteroatoms. The van der Waals surface area contributed by atoms with Crippen LogP contribution in [0.15, 0.2) is 29.2 Å². The van der Waals surface area contributed by atoms with Crippen molar-refractivity contribution in [3.63, 3.8) is 0 Å². The van der Waals surface area contributed by atoms with Crippen LogP contribution in [0.25, 0.3) is 0 Å². The zero-order chi connectivity index (χ0) is 13.8. The Morgan fingerprint density at radius 1 is 1.16 bits per heavy atom. The van der Waals surface area contributed by atoms with Crippen LogP contribution in [-0.4, -0.2) is 26.0 Å². The number of rotatable bonds is 4. The van der Waals surface area contributed by atoms with E-state index in [4.69, 9.17) is 16.6 Å². The van der Waals surface area contributed by atoms with Crippen LogP contribution in [0.1, 0.15) is 16.2 Å². The first kappa shape index (κ1) is 13.1. The smallest absolute Gasteiger partial charge is 0.336 e. The Bertz CT molecular complexity index is 600. The summed E-state index contributed by atoms with van der Waals surface area (Å²) in [7, 11) is 0. The van der Waals surface area contributed by atoms with E-state index in [1.54, 1.807) is 24.3 Å². The normalized spacial score (nSPS) is 10.3. The van der Waals surface area contributed by atoms with Gasteiger partial charge in [0.1, 0.15) is 5.82 Å². The number of nitrogens with two attached hydrogens (primary N) is 2. The molecule has 0 saturated carbocycles. The molecule has 2 rings (SSSR count). The minimum absolute atomic E-state index is 0.0506. The van der Waals surface area contributed by atoms with Crippen molar-refractivity contribution in [1.82, 2.24) is 15.0 Å². The number of nitrogens with zero attached hydrogens (tertiary/aromatic N) is 3. The molecule has 1 heterocycles. The molecule has 0 bridgehead atoms. The fraction of sp³-hybridized carbons (Fsp3) is 0.0909. The Morgan fingerprint density at radius 2 is 1.79 bits per heavy atom. The molecule has 0 radical (unpaired) electrons. The molecule has 2 aromatic rings. The largest absolute Gasteiger partial charge is 0.478 e. The van der Waals surface area contributed by atoms with Crippen LogP contribution in [-0.2, 0) is 5.75 Å². The van der Waals surface area contributed by atoms with Crippen LogP contribution in [0, 0.1) is 0 Å². The summed E-state index contributed by atoms with van der Waals surface area (Å²) in [6.45, 7) is 0. The summed E-state index contributed by atoms with van der Waals surface area (Å²) >= 11 is 1.30. The number of anilines is 2. The lowest BCUT2D eigenvalue weighted by Gasteiger charge is -2.05. The van der Waals surface area contributed by atoms with Gasteiger partial charge in [-0.25, -0.2) is 4.79 Å². The van der Waals surface area contributed by atoms with Crippen LogP contribution in [0.3, 0.4) is 0 Å². The molecule has 0 atom stereocenters. The van der Waals surface area contributed by atoms with Gasteiger partial charge in [-0.3, -0.25) is 0 Å². The molecule has 7 nitrogen and oxygen atoms in total. The number of carboxylic acids is 1. The number of hydrogen-bond donors (Lipinski definition) is 3. The number of aromatic carboxylic acids is 1. The predicted molar refractivity (Wildman–Crippen MR) is 71.6 cm³/mol. The molecule has 0 aliphatic rings. The van der Waals surface area contributed by atoms with E-state index in [-0.39, 0.29) is 17.5 Å². The Morgan fingerprint density at radius 3 is 2.42 bits per heavy atom. The summed E-state index contributed by atoms with van der Waals surface area (Å²) in [4.78, 5) is 23.2. The zero-order valence-electron chi connectivity index (χ0n) is 9.78. The minimum atomic E-state index is -0.974. The first-order valence-corrected chi connectivity index (χ1v) is 6.26. The lowest BCUT2D eigenvalue weighted by molar-refractivity contribution is 0.0693. The van der Waals surface area contributed by atoms with E-state index in [9.17, 15) is 4.79 Å². The van der Waals surface area contributed by atoms with Gasteiger partial charge in [0, 0.05) is 4.90 Å². The number of carboxylic acid groups (broad SMARTS) is 1. The van der Waals surface area contributed by atoms with Gasteiger partial charge in [0.05, 0.1) is 11.3 Å². The van der Waals surface area contributed by atoms with Gasteiger partial charge < -0.3 is 16.6 Å². The molecular weight excluding hydrogens is 266 g/mol. The average Bonchev–Trinajstić information content (AvgIpc) is 2.35. The topological polar surface area (TPSA) is 128 Å². The van der Waals surface area contributed by atoms with Crippen LogP contribution >= 0.6 is 11.8 Å². The van der Waals surface area contributed by atoms with E-state index in [2.05, 4.69) is 15.0 Å². The highest BCUT2D eigenvalue weighted by atomic mass is 32.2. The van der Waals surface area contributed by atoms with E-state index >= 15 is 0 Å². The molecule has 19 heavy (non-hydrogen) atoms. The van der Waals surface area contributed by atoms with Gasteiger partial charge in [-0.1, -0.05) is 12.1 Å². The summed E-state index contributed by atoms with van der Waals surface area (Å²) in [6, 6.07) is 6.71. The fourth-order valence-corrected chi connectivity index (χ4v) is 2.33. The molecule has 1 aromatic carbocycles. The summed E-state index contributed by atoms with van der Waals surface area (Å²) in [5.41, 5.74) is 11.2. The van der Waals surface area contributed by atoms with Crippen LogP contribution in [0.2, 0.25) is 0 Å². The van der Waals surface area contributed by atoms with E-state index in [0.717, 1.165) is 0 Å². The molecule has 0 aliphatic carbocycles. The maximum atomic E-state index is 11.0. The third-order valence-corrected chi connectivity index (χ3v) is 3.26. The van der Waals surface area contributed by atoms with Crippen molar-refractivity contribution < 1.29 is 9.90 Å². The Labute approximate surface area is 113 Å². The summed E-state index contributed by atoms with van der Waals surface area (Å²) in [5, 5.41) is 9.06. The molecule has 0 fully saturated rings. The molecule has 0 amide bonds. The lowest BCUT2D eigenvalue weighted by Crippen LogP contribution is -2.06. The summed E-state index contributed by atoms with van der Waals surface area (Å²) in [5.74, 6) is -0.0986. The predicted octanol–water partition coefficient (Wildman–Crippen LogP) is 1.03. The maximum Gasteiger partial charge on any atom is 0.336 e. The van der Waals surface area contributed by atoms with Crippen molar-refractivity contribution in [2.24, 2.45) is 0 Å². The van der Waals surface area contributed by atoms with Crippen molar-refractivity contribution in [1.29, 1.82) is 0 Å². The molecule has 0 spiro atoms. The van der Waals surface area contributed by atoms with Gasteiger partial charge in [0.25, 0.3) is 0 Å². The summed E-state index contributed by atoms with van der Waals surface area (Å²) < 4.78 is 0. The van der Waals surface area contributed by atoms with Crippen molar-refractivity contribution >= 4 is 29.6 Å². The van der Waals surface area contributed by atoms with Crippen molar-refractivity contribution in [3.05, 3.63) is 35.7 Å². The van der Waals surface area contributed by atoms with E-state index in [1.807, 2.05) is 0 Å². The molecule has 5 N–H and O–H groups in total. The lowest BCUT2D eigenvalue weighted by atomic mass is 10.2. The quantitative estimate of drug-likeness (QED) is 0.707. The van der Waals surface area contributed by atoms with Gasteiger partial charge in [0.15, 0.2) is 0 Å². The minimum Gasteiger partial charge on any atom is -0.478 e. The van der Waals surface area contributed by atoms with E-state index < -0.39 is 5.97 Å². The van der Waals surface area contributed by atoms with E-state index in [1.165, 1.54) is 11.8 Å². The Hall–Kier alpha value is -2.35. The standard InChI is InChI=1S/C11H11N5O2S/c12-10-14-8(15-11(13)16-10)5-19-7-4-2-1-3-6(7)9(17)18/h1-4H,5H2,(H,17,18)(H4,12,13,14,15,16). The molecule has 0 aliphatic heterocycles. The first-order chi connectivity index (χ1) is 9.06. The van der Waals surface area contributed by atoms with Crippen molar-refractivity contribution in [2.75, 3.05) is 11.5 Å². The first-order valence-electron chi connectivity index (χ1n) is 5.27. The van der Waals surface area contributed by atoms with Crippen molar-refractivity contribution in [3.8, 4) is 0 Å². The molecule has 98 valence electrons. The van der Waals surface area contributed by atoms with Crippen LogP contribution < -0.4 is 11.5 Å². The highest BCUT2D eigenvalue weighted by molar-refractivity contribution is 7.98. The summed E-state index contributed by atoms with van der Waals surface area (Å²) in [6.07, 6.45) is 0. The van der Waals surface area contributed by atoms with Crippen molar-refractivity contribution in [2.45, 2.75) is 10.6 Å². The third-order valence-electron chi connectivity index (χ3n) is 2.19. The average molecular weight is 277 g/mol. The zero-order valence-corrected chi connectivity index (χ0v) is 10.6. The number of aromatic nitrogens is 3. The molecule has 0 saturated heterocycles. The number of nitrogen functional groups attached to an aromatic ring is 2. The fourth-order valence-electron chi connectivity index (χ4n) is 1.43. The second-order valence-electron chi connectivity index (χ2n) is 3.56. The van der Waals surface area contributed by atoms with Gasteiger partial charge >= 0.3 is 5.97 Å². The molecule has 1 aromatic heterocycles. The van der Waals surface area contributed by atoms with Gasteiger partial charge in [-0.05, 0) is 12.1 Å². The van der Waals surface area contributed by atoms with E-state index in [0.29, 0.717) is 16.5 Å². The number of thioether (sulfide) groups is 1. The molecule has 0 unspecified atom stereocenters. The Balaban J connectivity index is 2.16. The monoisotopic (exact) mass is 277 g/mol. The Kier molecular flexibility index (Phi) is 3.81. The second kappa shape index (κ2) is 5.53. The van der Waals surface area contributed by atoms with Gasteiger partial charge in [-0.15, -0.1) is 11.8 Å². The maximum absolute atomic E-state index is 11.0. The highest BCUT2D eigenvalue weighted by Gasteiger charge is 2.10. The van der Waals surface area contributed by atoms with Crippen LogP contribution in [0.5, 0.6) is 0 Å². The van der Waals surface area contributed by atoms with Gasteiger partial charge in [-0.2, -0.15) is 15.0 Å². The molecular formula is C11H11N5O2S. The number of carbonyl (C=O) groups is 1. The highest BCUT2D eigenvalue weighted by Crippen LogP contribution is 2.25. The van der Waals surface area contributed by atoms with Crippen LogP contribution in [0.4, 0.5) is 11.9 Å². The number of benzene rings is 1.